The first-order valence-electron chi connectivity index (χ1n) is 10.1. The van der Waals surface area contributed by atoms with Gasteiger partial charge in [-0.1, -0.05) is 19.8 Å². The van der Waals surface area contributed by atoms with Gasteiger partial charge in [-0.2, -0.15) is 0 Å². The van der Waals surface area contributed by atoms with Gasteiger partial charge in [-0.3, -0.25) is 0 Å². The minimum Gasteiger partial charge on any atom is -0.303 e. The smallest absolute Gasteiger partial charge is 0.303 e. The van der Waals surface area contributed by atoms with Crippen LogP contribution < -0.4 is 0 Å². The maximum Gasteiger partial charge on any atom is 0.466 e. The van der Waals surface area contributed by atoms with Crippen LogP contribution in [0.2, 0.25) is 3.17 Å². The molecule has 0 aliphatic carbocycles. The van der Waals surface area contributed by atoms with Crippen LogP contribution >= 0.6 is 7.82 Å². The average molecular weight is 374 g/mol. The van der Waals surface area contributed by atoms with Crippen LogP contribution in [-0.2, 0) is 4.57 Å². The molecule has 1 atom stereocenters. The first-order valence-corrected chi connectivity index (χ1v) is 12.8. The van der Waals surface area contributed by atoms with Crippen LogP contribution in [0.1, 0.15) is 110 Å². The molecule has 0 aromatic carbocycles. The number of hydrogen-bond acceptors (Lipinski definition) is 1. The predicted molar refractivity (Wildman–Crippen MR) is 104 cm³/mol. The van der Waals surface area contributed by atoms with Gasteiger partial charge in [-0.15, -0.1) is 0 Å². The van der Waals surface area contributed by atoms with Crippen molar-refractivity contribution < 1.29 is 19.2 Å². The third kappa shape index (κ3) is 34.4. The molecule has 24 heavy (non-hydrogen) atoms. The Kier molecular flexibility index (Phi) is 23.3. The van der Waals surface area contributed by atoms with Gasteiger partial charge in [0.15, 0.2) is 0 Å². The van der Waals surface area contributed by atoms with Gasteiger partial charge >= 0.3 is 129 Å². The van der Waals surface area contributed by atoms with E-state index in [1.54, 1.807) is 0 Å². The second-order valence-electron chi connectivity index (χ2n) is 7.08. The molecule has 0 spiro atoms. The van der Waals surface area contributed by atoms with Gasteiger partial charge < -0.3 is 14.7 Å². The first kappa shape index (κ1) is 27.3. The van der Waals surface area contributed by atoms with Gasteiger partial charge in [0.05, 0.1) is 0 Å². The summed E-state index contributed by atoms with van der Waals surface area (Å²) in [6.07, 6.45) is 22.1. The van der Waals surface area contributed by atoms with Crippen molar-refractivity contribution >= 4 is 35.8 Å². The van der Waals surface area contributed by atoms with E-state index in [-0.39, 0.29) is 0 Å². The first-order chi connectivity index (χ1) is 11.3. The normalized spacial score (nSPS) is 12.6. The summed E-state index contributed by atoms with van der Waals surface area (Å²) in [6.45, 7) is 4.62. The van der Waals surface area contributed by atoms with Crippen molar-refractivity contribution in [3.63, 3.8) is 0 Å². The molecule has 0 aliphatic heterocycles. The van der Waals surface area contributed by atoms with Gasteiger partial charge in [0, 0.05) is 0 Å². The van der Waals surface area contributed by atoms with E-state index in [2.05, 4.69) is 13.8 Å². The third-order valence-corrected chi connectivity index (χ3v) is 5.49. The number of hydrogen-bond donors (Lipinski definition) is 3. The molecule has 0 heterocycles. The van der Waals surface area contributed by atoms with Crippen LogP contribution in [0.3, 0.4) is 0 Å². The van der Waals surface area contributed by atoms with E-state index < -0.39 is 7.82 Å². The maximum absolute atomic E-state index is 8.88. The average Bonchev–Trinajstić information content (AvgIpc) is 2.47. The summed E-state index contributed by atoms with van der Waals surface area (Å²) >= 11 is 1.42. The monoisotopic (exact) mass is 374 g/mol. The molecule has 0 fully saturated rings. The molecule has 142 valence electrons. The van der Waals surface area contributed by atoms with Crippen molar-refractivity contribution in [3.05, 3.63) is 0 Å². The van der Waals surface area contributed by atoms with Crippen LogP contribution in [-0.4, -0.2) is 42.6 Å². The molecule has 4 nitrogen and oxygen atoms in total. The zero-order chi connectivity index (χ0) is 18.7. The maximum atomic E-state index is 8.88. The zero-order valence-electron chi connectivity index (χ0n) is 16.4. The molecule has 1 unspecified atom stereocenters. The Morgan fingerprint density at radius 1 is 0.667 bits per heavy atom. The summed E-state index contributed by atoms with van der Waals surface area (Å²) in [5.74, 6) is 0. The fourth-order valence-electron chi connectivity index (χ4n) is 2.97. The van der Waals surface area contributed by atoms with Gasteiger partial charge in [-0.25, -0.2) is 4.57 Å². The van der Waals surface area contributed by atoms with E-state index >= 15 is 0 Å². The Balaban J connectivity index is 0. The van der Waals surface area contributed by atoms with Crippen LogP contribution in [0.15, 0.2) is 0 Å². The molecule has 0 aliphatic rings. The van der Waals surface area contributed by atoms with Crippen molar-refractivity contribution in [3.8, 4) is 0 Å². The summed E-state index contributed by atoms with van der Waals surface area (Å²) in [6, 6.07) is 0. The number of phosphoric acid groups is 1. The van der Waals surface area contributed by atoms with Crippen molar-refractivity contribution in [2.24, 2.45) is 0 Å². The van der Waals surface area contributed by atoms with E-state index in [9.17, 15) is 0 Å². The van der Waals surface area contributed by atoms with Crippen LogP contribution in [0.25, 0.3) is 0 Å². The van der Waals surface area contributed by atoms with Crippen LogP contribution in [0, 0.1) is 0 Å². The molecule has 0 aromatic heterocycles. The second kappa shape index (κ2) is 20.4. The molecular weight excluding hydrogens is 334 g/mol. The molecule has 0 saturated carbocycles. The second-order valence-corrected chi connectivity index (χ2v) is 9.74. The van der Waals surface area contributed by atoms with E-state index in [0.717, 1.165) is 3.17 Å². The van der Waals surface area contributed by atoms with Crippen molar-refractivity contribution in [1.82, 2.24) is 0 Å². The van der Waals surface area contributed by atoms with Gasteiger partial charge in [-0.05, 0) is 0 Å². The summed E-state index contributed by atoms with van der Waals surface area (Å²) in [5, 5.41) is 0. The Morgan fingerprint density at radius 3 is 1.33 bits per heavy atom. The largest absolute Gasteiger partial charge is 0.466 e. The molecule has 0 rings (SSSR count). The number of unbranched alkanes of at least 4 members (excludes halogenated alkanes) is 11. The Labute approximate surface area is 167 Å². The van der Waals surface area contributed by atoms with E-state index in [1.807, 2.05) is 0 Å². The van der Waals surface area contributed by atoms with Crippen molar-refractivity contribution in [2.45, 2.75) is 113 Å². The molecule has 6 heteroatoms. The molecule has 0 saturated heterocycles. The van der Waals surface area contributed by atoms with Crippen molar-refractivity contribution in [2.75, 3.05) is 0 Å². The summed E-state index contributed by atoms with van der Waals surface area (Å²) in [4.78, 5) is 21.6. The molecule has 0 amide bonds. The molecule has 0 radical (unpaired) electrons. The Hall–Kier alpha value is 1.11. The summed E-state index contributed by atoms with van der Waals surface area (Å²) < 4.78 is 9.99. The van der Waals surface area contributed by atoms with E-state index in [0.29, 0.717) is 0 Å². The minimum absolute atomic E-state index is 1.10. The van der Waals surface area contributed by atoms with E-state index in [4.69, 9.17) is 19.2 Å². The minimum atomic E-state index is -4.64. The van der Waals surface area contributed by atoms with E-state index in [1.165, 1.54) is 124 Å². The summed E-state index contributed by atoms with van der Waals surface area (Å²) in [7, 11) is -4.64. The predicted octanol–water partition coefficient (Wildman–Crippen LogP) is 5.91. The topological polar surface area (TPSA) is 77.8 Å². The summed E-state index contributed by atoms with van der Waals surface area (Å²) in [5.41, 5.74) is 0. The molecule has 3 N–H and O–H groups in total. The molecular formula is C18H40NaO4P. The molecule has 0 bridgehead atoms. The van der Waals surface area contributed by atoms with Gasteiger partial charge in [0.1, 0.15) is 0 Å². The van der Waals surface area contributed by atoms with Gasteiger partial charge in [0.25, 0.3) is 0 Å². The fourth-order valence-corrected chi connectivity index (χ4v) is 3.96. The number of rotatable bonds is 15. The fraction of sp³-hybridized carbons (Fsp3) is 1.00. The van der Waals surface area contributed by atoms with Gasteiger partial charge in [0.2, 0.25) is 0 Å². The third-order valence-electron chi connectivity index (χ3n) is 4.33. The zero-order valence-corrected chi connectivity index (χ0v) is 19.3. The Morgan fingerprint density at radius 2 is 1.00 bits per heavy atom. The van der Waals surface area contributed by atoms with Crippen LogP contribution in [0.5, 0.6) is 0 Å². The van der Waals surface area contributed by atoms with Crippen LogP contribution in [0.4, 0.5) is 0 Å². The quantitative estimate of drug-likeness (QED) is 0.189. The van der Waals surface area contributed by atoms with Crippen molar-refractivity contribution in [1.29, 1.82) is 0 Å². The Bertz CT molecular complexity index is 276. The SMILES string of the molecule is CCCCCCCCCCCCCC[CH]([Na])CCC.O=P(O)(O)O. The standard InChI is InChI=1S/C18H37.Na.H3O4P/c1-3-5-7-9-11-13-15-17-18-16-14-12-10-8-6-4-2;;1-5(2,3)4/h7H,3-6,8-18H2,1-2H3;;(H3,1,2,3,4). The molecule has 0 aromatic rings.